The molecule has 1 heterocycles. The van der Waals surface area contributed by atoms with Crippen molar-refractivity contribution in [3.63, 3.8) is 0 Å². The van der Waals surface area contributed by atoms with Crippen LogP contribution in [0.2, 0.25) is 0 Å². The van der Waals surface area contributed by atoms with Crippen LogP contribution in [0.3, 0.4) is 0 Å². The van der Waals surface area contributed by atoms with E-state index in [-0.39, 0.29) is 0 Å². The van der Waals surface area contributed by atoms with E-state index in [0.29, 0.717) is 5.75 Å². The molecule has 0 aliphatic heterocycles. The molecular weight excluding hydrogens is 192 g/mol. The molecule has 2 rings (SSSR count). The fourth-order valence-corrected chi connectivity index (χ4v) is 1.80. The first-order valence-electron chi connectivity index (χ1n) is 4.36. The van der Waals surface area contributed by atoms with Gasteiger partial charge in [0.25, 0.3) is 0 Å². The van der Waals surface area contributed by atoms with Crippen LogP contribution in [0.1, 0.15) is 10.4 Å². The number of aromatic hydroxyl groups is 1. The summed E-state index contributed by atoms with van der Waals surface area (Å²) < 4.78 is 0. The Morgan fingerprint density at radius 3 is 2.57 bits per heavy atom. The van der Waals surface area contributed by atoms with Gasteiger partial charge >= 0.3 is 0 Å². The van der Waals surface area contributed by atoms with E-state index < -0.39 is 0 Å². The predicted octanol–water partition coefficient (Wildman–Crippen LogP) is 3.62. The second kappa shape index (κ2) is 4.11. The monoisotopic (exact) mass is 202 g/mol. The van der Waals surface area contributed by atoms with Crippen LogP contribution in [0, 0.1) is 0 Å². The van der Waals surface area contributed by atoms with E-state index in [0.717, 1.165) is 5.56 Å². The third-order valence-electron chi connectivity index (χ3n) is 1.91. The molecule has 1 nitrogen and oxygen atoms in total. The molecule has 70 valence electrons. The van der Waals surface area contributed by atoms with Gasteiger partial charge in [0.2, 0.25) is 0 Å². The van der Waals surface area contributed by atoms with Crippen molar-refractivity contribution in [3.8, 4) is 5.75 Å². The maximum Gasteiger partial charge on any atom is 0.122 e. The molecule has 0 aliphatic rings. The Labute approximate surface area is 87.0 Å². The molecule has 0 bridgehead atoms. The minimum Gasteiger partial charge on any atom is -0.507 e. The van der Waals surface area contributed by atoms with Gasteiger partial charge in [0, 0.05) is 10.4 Å². The molecule has 0 spiro atoms. The third-order valence-corrected chi connectivity index (χ3v) is 2.74. The van der Waals surface area contributed by atoms with Crippen molar-refractivity contribution in [1.29, 1.82) is 0 Å². The lowest BCUT2D eigenvalue weighted by atomic mass is 10.2. The van der Waals surface area contributed by atoms with Crippen LogP contribution in [0.25, 0.3) is 12.2 Å². The van der Waals surface area contributed by atoms with E-state index in [1.807, 2.05) is 47.9 Å². The van der Waals surface area contributed by atoms with Gasteiger partial charge in [-0.2, -0.15) is 0 Å². The second-order valence-electron chi connectivity index (χ2n) is 2.91. The summed E-state index contributed by atoms with van der Waals surface area (Å²) in [5, 5.41) is 11.5. The average Bonchev–Trinajstić information content (AvgIpc) is 2.69. The minimum absolute atomic E-state index is 0.320. The molecule has 2 heteroatoms. The SMILES string of the molecule is Oc1ccccc1/C=C/c1cccs1. The lowest BCUT2D eigenvalue weighted by molar-refractivity contribution is 0.474. The van der Waals surface area contributed by atoms with Crippen LogP contribution in [0.15, 0.2) is 41.8 Å². The van der Waals surface area contributed by atoms with Crippen molar-refractivity contribution in [3.05, 3.63) is 52.2 Å². The van der Waals surface area contributed by atoms with Crippen LogP contribution in [-0.4, -0.2) is 5.11 Å². The highest BCUT2D eigenvalue weighted by Gasteiger charge is 1.93. The zero-order valence-corrected chi connectivity index (χ0v) is 8.37. The van der Waals surface area contributed by atoms with Crippen LogP contribution in [0.4, 0.5) is 0 Å². The fraction of sp³-hybridized carbons (Fsp3) is 0. The summed E-state index contributed by atoms with van der Waals surface area (Å²) in [5.74, 6) is 0.320. The molecule has 0 saturated heterocycles. The van der Waals surface area contributed by atoms with E-state index in [1.54, 1.807) is 17.4 Å². The normalized spacial score (nSPS) is 10.9. The Kier molecular flexibility index (Phi) is 2.65. The Balaban J connectivity index is 2.23. The van der Waals surface area contributed by atoms with Crippen molar-refractivity contribution in [2.75, 3.05) is 0 Å². The quantitative estimate of drug-likeness (QED) is 0.788. The molecule has 0 unspecified atom stereocenters. The zero-order chi connectivity index (χ0) is 9.80. The molecule has 14 heavy (non-hydrogen) atoms. The Morgan fingerprint density at radius 1 is 1.00 bits per heavy atom. The van der Waals surface area contributed by atoms with Gasteiger partial charge in [0.1, 0.15) is 5.75 Å². The summed E-state index contributed by atoms with van der Waals surface area (Å²) >= 11 is 1.68. The lowest BCUT2D eigenvalue weighted by Gasteiger charge is -1.95. The van der Waals surface area contributed by atoms with Crippen molar-refractivity contribution in [2.45, 2.75) is 0 Å². The van der Waals surface area contributed by atoms with E-state index in [9.17, 15) is 5.11 Å². The van der Waals surface area contributed by atoms with Gasteiger partial charge in [0.05, 0.1) is 0 Å². The molecule has 0 radical (unpaired) electrons. The second-order valence-corrected chi connectivity index (χ2v) is 3.89. The smallest absolute Gasteiger partial charge is 0.122 e. The molecule has 1 N–H and O–H groups in total. The van der Waals surface area contributed by atoms with Gasteiger partial charge in [-0.15, -0.1) is 11.3 Å². The molecular formula is C12H10OS. The summed E-state index contributed by atoms with van der Waals surface area (Å²) in [7, 11) is 0. The number of thiophene rings is 1. The maximum atomic E-state index is 9.49. The first-order valence-corrected chi connectivity index (χ1v) is 5.24. The molecule has 1 aromatic heterocycles. The van der Waals surface area contributed by atoms with Gasteiger partial charge in [-0.3, -0.25) is 0 Å². The number of hydrogen-bond acceptors (Lipinski definition) is 2. The van der Waals surface area contributed by atoms with Crippen LogP contribution in [0.5, 0.6) is 5.75 Å². The van der Waals surface area contributed by atoms with Crippen molar-refractivity contribution < 1.29 is 5.11 Å². The summed E-state index contributed by atoms with van der Waals surface area (Å²) in [6.07, 6.45) is 3.92. The Hall–Kier alpha value is -1.54. The first kappa shape index (κ1) is 9.03. The van der Waals surface area contributed by atoms with Crippen LogP contribution < -0.4 is 0 Å². The highest BCUT2D eigenvalue weighted by molar-refractivity contribution is 7.10. The molecule has 0 fully saturated rings. The Bertz CT molecular complexity index is 429. The predicted molar refractivity (Wildman–Crippen MR) is 61.4 cm³/mol. The van der Waals surface area contributed by atoms with Gasteiger partial charge < -0.3 is 5.11 Å². The summed E-state index contributed by atoms with van der Waals surface area (Å²) in [4.78, 5) is 1.19. The number of phenolic OH excluding ortho intramolecular Hbond substituents is 1. The average molecular weight is 202 g/mol. The number of benzene rings is 1. The Morgan fingerprint density at radius 2 is 1.86 bits per heavy atom. The van der Waals surface area contributed by atoms with Crippen LogP contribution >= 0.6 is 11.3 Å². The van der Waals surface area contributed by atoms with E-state index in [4.69, 9.17) is 0 Å². The molecule has 1 aromatic carbocycles. The number of phenols is 1. The van der Waals surface area contributed by atoms with E-state index in [1.165, 1.54) is 4.88 Å². The maximum absolute atomic E-state index is 9.49. The summed E-state index contributed by atoms with van der Waals surface area (Å²) in [5.41, 5.74) is 0.848. The molecule has 0 amide bonds. The van der Waals surface area contributed by atoms with Crippen molar-refractivity contribution in [1.82, 2.24) is 0 Å². The number of para-hydroxylation sites is 1. The largest absolute Gasteiger partial charge is 0.507 e. The van der Waals surface area contributed by atoms with Gasteiger partial charge in [-0.1, -0.05) is 24.3 Å². The van der Waals surface area contributed by atoms with Crippen molar-refractivity contribution >= 4 is 23.5 Å². The standard InChI is InChI=1S/C12H10OS/c13-12-6-2-1-4-10(12)7-8-11-5-3-9-14-11/h1-9,13H/b8-7+. The topological polar surface area (TPSA) is 20.2 Å². The zero-order valence-electron chi connectivity index (χ0n) is 7.55. The van der Waals surface area contributed by atoms with Gasteiger partial charge in [-0.05, 0) is 29.7 Å². The molecule has 2 aromatic rings. The highest BCUT2D eigenvalue weighted by atomic mass is 32.1. The number of rotatable bonds is 2. The van der Waals surface area contributed by atoms with E-state index in [2.05, 4.69) is 0 Å². The van der Waals surface area contributed by atoms with E-state index >= 15 is 0 Å². The van der Waals surface area contributed by atoms with Crippen LogP contribution in [-0.2, 0) is 0 Å². The fourth-order valence-electron chi connectivity index (χ4n) is 1.19. The third kappa shape index (κ3) is 2.03. The lowest BCUT2D eigenvalue weighted by Crippen LogP contribution is -1.71. The molecule has 0 aliphatic carbocycles. The molecule has 0 atom stereocenters. The number of hydrogen-bond donors (Lipinski definition) is 1. The summed E-state index contributed by atoms with van der Waals surface area (Å²) in [6.45, 7) is 0. The summed E-state index contributed by atoms with van der Waals surface area (Å²) in [6, 6.07) is 11.4. The van der Waals surface area contributed by atoms with Crippen molar-refractivity contribution in [2.24, 2.45) is 0 Å². The molecule has 0 saturated carbocycles. The first-order chi connectivity index (χ1) is 6.86. The van der Waals surface area contributed by atoms with Gasteiger partial charge in [0.15, 0.2) is 0 Å². The highest BCUT2D eigenvalue weighted by Crippen LogP contribution is 2.19. The minimum atomic E-state index is 0.320. The van der Waals surface area contributed by atoms with Gasteiger partial charge in [-0.25, -0.2) is 0 Å².